The second kappa shape index (κ2) is 10.1. The fourth-order valence-corrected chi connectivity index (χ4v) is 4.62. The Kier molecular flexibility index (Phi) is 7.47. The van der Waals surface area contributed by atoms with Gasteiger partial charge in [0.05, 0.1) is 12.9 Å². The lowest BCUT2D eigenvalue weighted by molar-refractivity contribution is -0.0804. The number of benzene rings is 2. The highest BCUT2D eigenvalue weighted by Gasteiger charge is 2.49. The largest absolute Gasteiger partial charge is 0.374 e. The standard InChI is InChI=1S/C22H25F2N5O2S/c1-15(25-2)26-13-12-22(16-8-6-5-7-9-16)29(21(30)28(3)31-4)27-20(32-22)18-14-17(23)10-11-19(18)24/h5-11,14H,12-13H2,1-4H3,(H,25,26). The van der Waals surface area contributed by atoms with Gasteiger partial charge in [0.15, 0.2) is 0 Å². The van der Waals surface area contributed by atoms with Crippen molar-refractivity contribution in [1.29, 1.82) is 0 Å². The third-order valence-corrected chi connectivity index (χ3v) is 6.53. The van der Waals surface area contributed by atoms with Crippen molar-refractivity contribution in [3.8, 4) is 0 Å². The van der Waals surface area contributed by atoms with Gasteiger partial charge in [-0.25, -0.2) is 18.6 Å². The zero-order chi connectivity index (χ0) is 23.3. The van der Waals surface area contributed by atoms with Crippen LogP contribution in [-0.2, 0) is 9.71 Å². The van der Waals surface area contributed by atoms with Gasteiger partial charge in [0.2, 0.25) is 0 Å². The Labute approximate surface area is 190 Å². The van der Waals surface area contributed by atoms with Gasteiger partial charge in [0.1, 0.15) is 21.5 Å². The summed E-state index contributed by atoms with van der Waals surface area (Å²) in [5.74, 6) is -0.480. The monoisotopic (exact) mass is 461 g/mol. The van der Waals surface area contributed by atoms with Crippen LogP contribution in [0.5, 0.6) is 0 Å². The predicted octanol–water partition coefficient (Wildman–Crippen LogP) is 4.17. The van der Waals surface area contributed by atoms with Crippen LogP contribution < -0.4 is 5.32 Å². The van der Waals surface area contributed by atoms with Crippen molar-refractivity contribution in [2.75, 3.05) is 27.7 Å². The molecule has 0 fully saturated rings. The van der Waals surface area contributed by atoms with Crippen molar-refractivity contribution >= 4 is 28.7 Å². The minimum atomic E-state index is -1.03. The first-order valence-corrected chi connectivity index (χ1v) is 10.7. The molecule has 1 aliphatic rings. The summed E-state index contributed by atoms with van der Waals surface area (Å²) < 4.78 is 28.5. The quantitative estimate of drug-likeness (QED) is 0.398. The number of thioether (sulfide) groups is 1. The molecule has 10 heteroatoms. The molecule has 2 aromatic carbocycles. The van der Waals surface area contributed by atoms with Crippen molar-refractivity contribution in [3.63, 3.8) is 0 Å². The Morgan fingerprint density at radius 1 is 1.28 bits per heavy atom. The van der Waals surface area contributed by atoms with E-state index in [0.29, 0.717) is 13.0 Å². The molecule has 0 spiro atoms. The summed E-state index contributed by atoms with van der Waals surface area (Å²) >= 11 is 1.20. The summed E-state index contributed by atoms with van der Waals surface area (Å²) in [6.07, 6.45) is 0.405. The van der Waals surface area contributed by atoms with Gasteiger partial charge in [-0.3, -0.25) is 9.83 Å². The summed E-state index contributed by atoms with van der Waals surface area (Å²) in [5, 5.41) is 10.2. The van der Waals surface area contributed by atoms with Crippen molar-refractivity contribution in [2.24, 2.45) is 10.1 Å². The van der Waals surface area contributed by atoms with E-state index in [4.69, 9.17) is 4.84 Å². The van der Waals surface area contributed by atoms with Gasteiger partial charge in [-0.05, 0) is 30.7 Å². The van der Waals surface area contributed by atoms with Crippen molar-refractivity contribution < 1.29 is 18.4 Å². The second-order valence-corrected chi connectivity index (χ2v) is 8.31. The lowest BCUT2D eigenvalue weighted by Gasteiger charge is -2.37. The van der Waals surface area contributed by atoms with E-state index >= 15 is 0 Å². The minimum Gasteiger partial charge on any atom is -0.374 e. The number of carbonyl (C=O) groups is 1. The van der Waals surface area contributed by atoms with E-state index in [1.807, 2.05) is 37.3 Å². The predicted molar refractivity (Wildman–Crippen MR) is 122 cm³/mol. The van der Waals surface area contributed by atoms with Crippen LogP contribution in [-0.4, -0.2) is 54.7 Å². The molecule has 0 aliphatic carbocycles. The summed E-state index contributed by atoms with van der Waals surface area (Å²) in [4.78, 5) is 21.4. The number of amides is 2. The number of nitrogens with zero attached hydrogens (tertiary/aromatic N) is 4. The zero-order valence-electron chi connectivity index (χ0n) is 18.3. The highest BCUT2D eigenvalue weighted by Crippen LogP contribution is 2.50. The molecule has 2 amide bonds. The first-order valence-electron chi connectivity index (χ1n) is 9.90. The Bertz CT molecular complexity index is 1030. The molecule has 0 radical (unpaired) electrons. The lowest BCUT2D eigenvalue weighted by Crippen LogP contribution is -2.48. The van der Waals surface area contributed by atoms with E-state index in [2.05, 4.69) is 15.4 Å². The first-order chi connectivity index (χ1) is 15.3. The Hall–Kier alpha value is -2.98. The van der Waals surface area contributed by atoms with E-state index < -0.39 is 22.5 Å². The van der Waals surface area contributed by atoms with Crippen LogP contribution in [0.4, 0.5) is 13.6 Å². The summed E-state index contributed by atoms with van der Waals surface area (Å²) in [6, 6.07) is 12.0. The third kappa shape index (κ3) is 4.76. The van der Waals surface area contributed by atoms with E-state index in [1.165, 1.54) is 30.9 Å². The molecule has 7 nitrogen and oxygen atoms in total. The Morgan fingerprint density at radius 2 is 2.00 bits per heavy atom. The topological polar surface area (TPSA) is 69.5 Å². The number of amidine groups is 1. The number of rotatable bonds is 6. The van der Waals surface area contributed by atoms with Gasteiger partial charge >= 0.3 is 6.03 Å². The number of aliphatic imine (C=N–C) groups is 1. The molecule has 0 saturated carbocycles. The summed E-state index contributed by atoms with van der Waals surface area (Å²) in [7, 11) is 4.51. The van der Waals surface area contributed by atoms with Crippen LogP contribution in [0.25, 0.3) is 0 Å². The number of hydroxylamine groups is 2. The SMILES string of the molecule is CN=C(C)NCCC1(c2ccccc2)SC(c2cc(F)ccc2F)=NN1C(=O)N(C)OC. The van der Waals surface area contributed by atoms with Gasteiger partial charge in [-0.1, -0.05) is 42.1 Å². The molecule has 2 aromatic rings. The van der Waals surface area contributed by atoms with Crippen molar-refractivity contribution in [1.82, 2.24) is 15.4 Å². The number of hydrogen-bond acceptors (Lipinski definition) is 5. The molecule has 3 rings (SSSR count). The third-order valence-electron chi connectivity index (χ3n) is 5.09. The Morgan fingerprint density at radius 3 is 2.66 bits per heavy atom. The van der Waals surface area contributed by atoms with Crippen LogP contribution in [0.1, 0.15) is 24.5 Å². The molecule has 1 unspecified atom stereocenters. The van der Waals surface area contributed by atoms with Crippen LogP contribution >= 0.6 is 11.8 Å². The maximum Gasteiger partial charge on any atom is 0.365 e. The Balaban J connectivity index is 2.11. The molecule has 0 aromatic heterocycles. The molecular formula is C22H25F2N5O2S. The molecule has 1 atom stereocenters. The average Bonchev–Trinajstić information content (AvgIpc) is 3.20. The molecule has 1 aliphatic heterocycles. The van der Waals surface area contributed by atoms with Gasteiger partial charge in [-0.15, -0.1) is 0 Å². The molecule has 0 bridgehead atoms. The summed E-state index contributed by atoms with van der Waals surface area (Å²) in [5.41, 5.74) is 0.774. The number of carbonyl (C=O) groups excluding carboxylic acids is 1. The van der Waals surface area contributed by atoms with E-state index in [1.54, 1.807) is 7.05 Å². The second-order valence-electron chi connectivity index (χ2n) is 7.04. The van der Waals surface area contributed by atoms with Gasteiger partial charge in [0.25, 0.3) is 0 Å². The number of nitrogens with one attached hydrogen (secondary N) is 1. The van der Waals surface area contributed by atoms with Crippen LogP contribution in [0.3, 0.4) is 0 Å². The van der Waals surface area contributed by atoms with Gasteiger partial charge < -0.3 is 5.32 Å². The maximum absolute atomic E-state index is 14.6. The molecule has 32 heavy (non-hydrogen) atoms. The lowest BCUT2D eigenvalue weighted by atomic mass is 10.0. The molecule has 1 heterocycles. The fraction of sp³-hybridized carbons (Fsp3) is 0.318. The van der Waals surface area contributed by atoms with Crippen molar-refractivity contribution in [2.45, 2.75) is 18.2 Å². The molecule has 0 saturated heterocycles. The smallest absolute Gasteiger partial charge is 0.365 e. The van der Waals surface area contributed by atoms with Crippen LogP contribution in [0.2, 0.25) is 0 Å². The van der Waals surface area contributed by atoms with Gasteiger partial charge in [0, 0.05) is 32.6 Å². The highest BCUT2D eigenvalue weighted by atomic mass is 32.2. The van der Waals surface area contributed by atoms with Crippen LogP contribution in [0, 0.1) is 11.6 Å². The maximum atomic E-state index is 14.6. The molecule has 170 valence electrons. The first kappa shape index (κ1) is 23.7. The number of halogens is 2. The molecule has 1 N–H and O–H groups in total. The van der Waals surface area contributed by atoms with Crippen molar-refractivity contribution in [3.05, 3.63) is 71.3 Å². The van der Waals surface area contributed by atoms with E-state index in [9.17, 15) is 13.6 Å². The zero-order valence-corrected chi connectivity index (χ0v) is 19.1. The molecular weight excluding hydrogens is 436 g/mol. The van der Waals surface area contributed by atoms with E-state index in [0.717, 1.165) is 34.7 Å². The number of hydrogen-bond donors (Lipinski definition) is 1. The van der Waals surface area contributed by atoms with Crippen LogP contribution in [0.15, 0.2) is 58.6 Å². The summed E-state index contributed by atoms with van der Waals surface area (Å²) in [6.45, 7) is 2.29. The average molecular weight is 462 g/mol. The minimum absolute atomic E-state index is 0.00932. The number of hydrazone groups is 1. The van der Waals surface area contributed by atoms with E-state index in [-0.39, 0.29) is 10.6 Å². The number of urea groups is 1. The normalized spacial score (nSPS) is 18.5. The van der Waals surface area contributed by atoms with Gasteiger partial charge in [-0.2, -0.15) is 10.1 Å². The fourth-order valence-electron chi connectivity index (χ4n) is 3.25. The highest BCUT2D eigenvalue weighted by molar-refractivity contribution is 8.15.